The van der Waals surface area contributed by atoms with E-state index in [4.69, 9.17) is 4.74 Å². The molecule has 0 atom stereocenters. The van der Waals surface area contributed by atoms with Gasteiger partial charge in [0.25, 0.3) is 0 Å². The molecule has 0 radical (unpaired) electrons. The lowest BCUT2D eigenvalue weighted by Gasteiger charge is -2.18. The van der Waals surface area contributed by atoms with Crippen molar-refractivity contribution in [2.24, 2.45) is 0 Å². The Balaban J connectivity index is 1.84. The molecule has 3 aromatic rings. The number of imidazole rings is 1. The van der Waals surface area contributed by atoms with Gasteiger partial charge in [-0.2, -0.15) is 0 Å². The molecule has 2 aromatic carbocycles. The Morgan fingerprint density at radius 1 is 1.05 bits per heavy atom. The molecular formula is C16H11BrN2O. The number of hydrogen-bond acceptors (Lipinski definition) is 2. The van der Waals surface area contributed by atoms with E-state index < -0.39 is 0 Å². The van der Waals surface area contributed by atoms with Gasteiger partial charge in [0.2, 0.25) is 0 Å². The van der Waals surface area contributed by atoms with E-state index in [9.17, 15) is 0 Å². The molecule has 2 heterocycles. The third-order valence-corrected chi connectivity index (χ3v) is 3.93. The second-order valence-corrected chi connectivity index (χ2v) is 5.59. The van der Waals surface area contributed by atoms with Gasteiger partial charge in [-0.25, -0.2) is 4.98 Å². The maximum Gasteiger partial charge on any atom is 0.152 e. The summed E-state index contributed by atoms with van der Waals surface area (Å²) in [5.74, 6) is 1.83. The first kappa shape index (κ1) is 11.7. The second-order valence-electron chi connectivity index (χ2n) is 4.68. The number of halogens is 1. The van der Waals surface area contributed by atoms with Crippen LogP contribution in [-0.2, 0) is 6.61 Å². The molecule has 0 bridgehead atoms. The average Bonchev–Trinajstić information content (AvgIpc) is 2.92. The SMILES string of the molecule is Brc1ccc(-c2cn3c(n2)COc2ccccc2-3)cc1. The quantitative estimate of drug-likeness (QED) is 0.670. The van der Waals surface area contributed by atoms with E-state index in [1.165, 1.54) is 0 Å². The van der Waals surface area contributed by atoms with E-state index in [0.717, 1.165) is 33.0 Å². The van der Waals surface area contributed by atoms with Crippen molar-refractivity contribution in [3.63, 3.8) is 0 Å². The van der Waals surface area contributed by atoms with E-state index in [2.05, 4.69) is 43.8 Å². The Labute approximate surface area is 125 Å². The largest absolute Gasteiger partial charge is 0.483 e. The molecule has 98 valence electrons. The summed E-state index contributed by atoms with van der Waals surface area (Å²) in [6.07, 6.45) is 2.07. The second kappa shape index (κ2) is 4.49. The van der Waals surface area contributed by atoms with Gasteiger partial charge in [0, 0.05) is 16.2 Å². The van der Waals surface area contributed by atoms with Gasteiger partial charge in [-0.15, -0.1) is 0 Å². The van der Waals surface area contributed by atoms with E-state index in [1.54, 1.807) is 0 Å². The van der Waals surface area contributed by atoms with E-state index in [1.807, 2.05) is 36.4 Å². The van der Waals surface area contributed by atoms with Crippen LogP contribution in [0.5, 0.6) is 5.75 Å². The third kappa shape index (κ3) is 1.84. The Hall–Kier alpha value is -2.07. The molecule has 0 amide bonds. The van der Waals surface area contributed by atoms with Crippen LogP contribution in [0.25, 0.3) is 16.9 Å². The van der Waals surface area contributed by atoms with Crippen LogP contribution in [0.2, 0.25) is 0 Å². The van der Waals surface area contributed by atoms with Gasteiger partial charge in [-0.1, -0.05) is 40.2 Å². The topological polar surface area (TPSA) is 27.1 Å². The Bertz CT molecular complexity index is 777. The fourth-order valence-electron chi connectivity index (χ4n) is 2.41. The van der Waals surface area contributed by atoms with Gasteiger partial charge in [0.05, 0.1) is 11.4 Å². The molecule has 0 saturated carbocycles. The van der Waals surface area contributed by atoms with Crippen molar-refractivity contribution in [3.05, 3.63) is 65.0 Å². The zero-order valence-electron chi connectivity index (χ0n) is 10.6. The maximum atomic E-state index is 5.73. The monoisotopic (exact) mass is 326 g/mol. The number of hydrogen-bond donors (Lipinski definition) is 0. The minimum Gasteiger partial charge on any atom is -0.483 e. The zero-order valence-corrected chi connectivity index (χ0v) is 12.2. The molecule has 0 N–H and O–H groups in total. The summed E-state index contributed by atoms with van der Waals surface area (Å²) in [6, 6.07) is 16.2. The highest BCUT2D eigenvalue weighted by molar-refractivity contribution is 9.10. The van der Waals surface area contributed by atoms with Crippen LogP contribution < -0.4 is 4.74 Å². The first-order chi connectivity index (χ1) is 9.81. The normalized spacial score (nSPS) is 12.4. The van der Waals surface area contributed by atoms with Crippen LogP contribution in [0.3, 0.4) is 0 Å². The molecule has 4 heteroatoms. The number of aromatic nitrogens is 2. The zero-order chi connectivity index (χ0) is 13.5. The molecule has 0 spiro atoms. The highest BCUT2D eigenvalue weighted by atomic mass is 79.9. The van der Waals surface area contributed by atoms with Gasteiger partial charge in [-0.3, -0.25) is 4.57 Å². The van der Waals surface area contributed by atoms with Gasteiger partial charge < -0.3 is 4.74 Å². The number of nitrogens with zero attached hydrogens (tertiary/aromatic N) is 2. The van der Waals surface area contributed by atoms with Gasteiger partial charge in [0.1, 0.15) is 12.4 Å². The molecule has 1 aliphatic heterocycles. The van der Waals surface area contributed by atoms with Crippen LogP contribution in [0, 0.1) is 0 Å². The smallest absolute Gasteiger partial charge is 0.152 e. The highest BCUT2D eigenvalue weighted by Gasteiger charge is 2.19. The first-order valence-electron chi connectivity index (χ1n) is 6.38. The molecule has 0 unspecified atom stereocenters. The lowest BCUT2D eigenvalue weighted by Crippen LogP contribution is -2.12. The molecule has 3 nitrogen and oxygen atoms in total. The predicted molar refractivity (Wildman–Crippen MR) is 81.0 cm³/mol. The Morgan fingerprint density at radius 3 is 2.70 bits per heavy atom. The summed E-state index contributed by atoms with van der Waals surface area (Å²) in [4.78, 5) is 4.67. The van der Waals surface area contributed by atoms with Crippen LogP contribution in [0.4, 0.5) is 0 Å². The number of benzene rings is 2. The summed E-state index contributed by atoms with van der Waals surface area (Å²) in [7, 11) is 0. The standard InChI is InChI=1S/C16H11BrN2O/c17-12-7-5-11(6-8-12)13-9-19-14-3-1-2-4-15(14)20-10-16(19)18-13/h1-9H,10H2. The van der Waals surface area contributed by atoms with Gasteiger partial charge >= 0.3 is 0 Å². The third-order valence-electron chi connectivity index (χ3n) is 3.40. The first-order valence-corrected chi connectivity index (χ1v) is 7.17. The molecule has 0 fully saturated rings. The highest BCUT2D eigenvalue weighted by Crippen LogP contribution is 2.31. The number of para-hydroxylation sites is 2. The average molecular weight is 327 g/mol. The number of fused-ring (bicyclic) bond motifs is 3. The van der Waals surface area contributed by atoms with Crippen molar-refractivity contribution in [1.82, 2.24) is 9.55 Å². The fraction of sp³-hybridized carbons (Fsp3) is 0.0625. The van der Waals surface area contributed by atoms with Gasteiger partial charge in [-0.05, 0) is 24.3 Å². The predicted octanol–water partition coefficient (Wildman–Crippen LogP) is 4.19. The number of rotatable bonds is 1. The molecule has 0 saturated heterocycles. The molecule has 20 heavy (non-hydrogen) atoms. The van der Waals surface area contributed by atoms with E-state index in [0.29, 0.717) is 6.61 Å². The summed E-state index contributed by atoms with van der Waals surface area (Å²) >= 11 is 3.45. The lowest BCUT2D eigenvalue weighted by atomic mass is 10.2. The van der Waals surface area contributed by atoms with E-state index >= 15 is 0 Å². The van der Waals surface area contributed by atoms with Crippen LogP contribution in [0.1, 0.15) is 5.82 Å². The molecule has 4 rings (SSSR count). The van der Waals surface area contributed by atoms with Gasteiger partial charge in [0.15, 0.2) is 5.82 Å². The maximum absolute atomic E-state index is 5.73. The van der Waals surface area contributed by atoms with Crippen molar-refractivity contribution in [1.29, 1.82) is 0 Å². The minimum atomic E-state index is 0.507. The summed E-state index contributed by atoms with van der Waals surface area (Å²) < 4.78 is 8.90. The summed E-state index contributed by atoms with van der Waals surface area (Å²) in [5, 5.41) is 0. The van der Waals surface area contributed by atoms with Crippen molar-refractivity contribution in [2.45, 2.75) is 6.61 Å². The molecule has 1 aromatic heterocycles. The van der Waals surface area contributed by atoms with Crippen molar-refractivity contribution >= 4 is 15.9 Å². The van der Waals surface area contributed by atoms with Crippen LogP contribution in [0.15, 0.2) is 59.2 Å². The van der Waals surface area contributed by atoms with Crippen LogP contribution in [-0.4, -0.2) is 9.55 Å². The Morgan fingerprint density at radius 2 is 1.85 bits per heavy atom. The number of ether oxygens (including phenoxy) is 1. The molecular weight excluding hydrogens is 316 g/mol. The Kier molecular flexibility index (Phi) is 2.63. The van der Waals surface area contributed by atoms with Crippen molar-refractivity contribution < 1.29 is 4.74 Å². The molecule has 1 aliphatic rings. The van der Waals surface area contributed by atoms with Crippen molar-refractivity contribution in [2.75, 3.05) is 0 Å². The summed E-state index contributed by atoms with van der Waals surface area (Å²) in [6.45, 7) is 0.507. The minimum absolute atomic E-state index is 0.507. The fourth-order valence-corrected chi connectivity index (χ4v) is 2.67. The lowest BCUT2D eigenvalue weighted by molar-refractivity contribution is 0.279. The molecule has 0 aliphatic carbocycles. The van der Waals surface area contributed by atoms with Crippen LogP contribution >= 0.6 is 15.9 Å². The van der Waals surface area contributed by atoms with E-state index in [-0.39, 0.29) is 0 Å². The summed E-state index contributed by atoms with van der Waals surface area (Å²) in [5.41, 5.74) is 3.12. The van der Waals surface area contributed by atoms with Crippen molar-refractivity contribution in [3.8, 4) is 22.7 Å².